The van der Waals surface area contributed by atoms with Crippen molar-refractivity contribution in [1.29, 1.82) is 0 Å². The zero-order chi connectivity index (χ0) is 15.5. The van der Waals surface area contributed by atoms with E-state index < -0.39 is 0 Å². The van der Waals surface area contributed by atoms with Crippen molar-refractivity contribution in [3.05, 3.63) is 36.2 Å². The highest BCUT2D eigenvalue weighted by Crippen LogP contribution is 2.33. The molecule has 6 nitrogen and oxygen atoms in total. The fourth-order valence-electron chi connectivity index (χ4n) is 2.13. The molecule has 0 bridgehead atoms. The Labute approximate surface area is 131 Å². The van der Waals surface area contributed by atoms with Crippen molar-refractivity contribution in [1.82, 2.24) is 15.0 Å². The van der Waals surface area contributed by atoms with E-state index in [1.54, 1.807) is 44.7 Å². The van der Waals surface area contributed by atoms with Gasteiger partial charge in [-0.15, -0.1) is 0 Å². The van der Waals surface area contributed by atoms with Gasteiger partial charge in [-0.1, -0.05) is 11.8 Å². The molecule has 0 amide bonds. The van der Waals surface area contributed by atoms with Gasteiger partial charge < -0.3 is 19.6 Å². The van der Waals surface area contributed by atoms with Crippen LogP contribution in [0.3, 0.4) is 0 Å². The summed E-state index contributed by atoms with van der Waals surface area (Å²) in [6.45, 7) is 0. The number of aromatic amines is 1. The molecular weight excluding hydrogens is 302 g/mol. The van der Waals surface area contributed by atoms with E-state index in [4.69, 9.17) is 9.47 Å². The number of fused-ring (bicyclic) bond motifs is 1. The standard InChI is InChI=1S/C15H15N3O3S/c1-20-13-5-6-16-12(14(13)21-2)8-22-15-17-10-4-3-9(19)7-11(10)18-15/h3-7,19H,8H2,1-2H3,(H,17,18). The normalized spacial score (nSPS) is 10.8. The lowest BCUT2D eigenvalue weighted by atomic mass is 10.3. The van der Waals surface area contributed by atoms with Crippen LogP contribution in [-0.4, -0.2) is 34.3 Å². The van der Waals surface area contributed by atoms with Gasteiger partial charge in [0.2, 0.25) is 0 Å². The largest absolute Gasteiger partial charge is 0.508 e. The maximum Gasteiger partial charge on any atom is 0.183 e. The number of aromatic nitrogens is 3. The fourth-order valence-corrected chi connectivity index (χ4v) is 2.96. The topological polar surface area (TPSA) is 80.3 Å². The predicted molar refractivity (Wildman–Crippen MR) is 84.7 cm³/mol. The monoisotopic (exact) mass is 317 g/mol. The molecule has 0 spiro atoms. The fraction of sp³-hybridized carbons (Fsp3) is 0.200. The Bertz CT molecular complexity index is 804. The summed E-state index contributed by atoms with van der Waals surface area (Å²) in [6, 6.07) is 6.80. The number of thioether (sulfide) groups is 1. The van der Waals surface area contributed by atoms with Crippen LogP contribution in [0.15, 0.2) is 35.6 Å². The van der Waals surface area contributed by atoms with Gasteiger partial charge in [0.05, 0.1) is 30.9 Å². The summed E-state index contributed by atoms with van der Waals surface area (Å²) in [4.78, 5) is 12.0. The number of hydrogen-bond donors (Lipinski definition) is 2. The molecule has 2 N–H and O–H groups in total. The highest BCUT2D eigenvalue weighted by Gasteiger charge is 2.12. The number of methoxy groups -OCH3 is 2. The van der Waals surface area contributed by atoms with Gasteiger partial charge in [-0.05, 0) is 12.1 Å². The molecule has 22 heavy (non-hydrogen) atoms. The summed E-state index contributed by atoms with van der Waals surface area (Å²) in [5.41, 5.74) is 2.40. The first-order valence-corrected chi connectivity index (χ1v) is 7.57. The molecule has 7 heteroatoms. The predicted octanol–water partition coefficient (Wildman–Crippen LogP) is 2.97. The molecule has 2 heterocycles. The van der Waals surface area contributed by atoms with Crippen molar-refractivity contribution in [2.75, 3.05) is 14.2 Å². The number of rotatable bonds is 5. The van der Waals surface area contributed by atoms with Gasteiger partial charge in [0, 0.05) is 24.1 Å². The molecule has 3 aromatic rings. The number of imidazole rings is 1. The van der Waals surface area contributed by atoms with Crippen molar-refractivity contribution >= 4 is 22.8 Å². The summed E-state index contributed by atoms with van der Waals surface area (Å²) < 4.78 is 10.6. The van der Waals surface area contributed by atoms with Crippen LogP contribution in [0, 0.1) is 0 Å². The van der Waals surface area contributed by atoms with Crippen molar-refractivity contribution in [3.63, 3.8) is 0 Å². The number of ether oxygens (including phenoxy) is 2. The number of nitrogens with zero attached hydrogens (tertiary/aromatic N) is 2. The van der Waals surface area contributed by atoms with Crippen LogP contribution in [0.1, 0.15) is 5.69 Å². The van der Waals surface area contributed by atoms with Crippen molar-refractivity contribution in [3.8, 4) is 17.2 Å². The second kappa shape index (κ2) is 6.15. The first kappa shape index (κ1) is 14.5. The zero-order valence-corrected chi connectivity index (χ0v) is 13.0. The molecule has 0 saturated carbocycles. The summed E-state index contributed by atoms with van der Waals surface area (Å²) in [7, 11) is 3.19. The van der Waals surface area contributed by atoms with Crippen LogP contribution < -0.4 is 9.47 Å². The van der Waals surface area contributed by atoms with E-state index in [0.29, 0.717) is 17.3 Å². The van der Waals surface area contributed by atoms with E-state index in [-0.39, 0.29) is 5.75 Å². The highest BCUT2D eigenvalue weighted by molar-refractivity contribution is 7.98. The third-order valence-corrected chi connectivity index (χ3v) is 4.04. The maximum atomic E-state index is 9.48. The molecular formula is C15H15N3O3S. The van der Waals surface area contributed by atoms with Gasteiger partial charge >= 0.3 is 0 Å². The Morgan fingerprint density at radius 1 is 1.23 bits per heavy atom. The molecule has 0 unspecified atom stereocenters. The van der Waals surface area contributed by atoms with E-state index in [1.165, 1.54) is 11.8 Å². The molecule has 0 aliphatic carbocycles. The smallest absolute Gasteiger partial charge is 0.183 e. The Hall–Kier alpha value is -2.41. The minimum absolute atomic E-state index is 0.212. The van der Waals surface area contributed by atoms with Gasteiger partial charge in [0.15, 0.2) is 16.7 Å². The summed E-state index contributed by atoms with van der Waals surface area (Å²) in [6.07, 6.45) is 1.69. The summed E-state index contributed by atoms with van der Waals surface area (Å²) >= 11 is 1.51. The Morgan fingerprint density at radius 3 is 2.86 bits per heavy atom. The van der Waals surface area contributed by atoms with E-state index in [2.05, 4.69) is 15.0 Å². The number of aromatic hydroxyl groups is 1. The number of phenolic OH excluding ortho intramolecular Hbond substituents is 1. The van der Waals surface area contributed by atoms with E-state index in [9.17, 15) is 5.11 Å². The minimum Gasteiger partial charge on any atom is -0.508 e. The zero-order valence-electron chi connectivity index (χ0n) is 12.2. The number of benzene rings is 1. The van der Waals surface area contributed by atoms with Crippen molar-refractivity contribution in [2.24, 2.45) is 0 Å². The van der Waals surface area contributed by atoms with Crippen LogP contribution in [0.25, 0.3) is 11.0 Å². The third kappa shape index (κ3) is 2.80. The second-order valence-corrected chi connectivity index (χ2v) is 5.49. The molecule has 0 aliphatic heterocycles. The molecule has 0 saturated heterocycles. The van der Waals surface area contributed by atoms with E-state index >= 15 is 0 Å². The third-order valence-electron chi connectivity index (χ3n) is 3.16. The number of H-pyrrole nitrogens is 1. The molecule has 114 valence electrons. The lowest BCUT2D eigenvalue weighted by molar-refractivity contribution is 0.350. The molecule has 0 atom stereocenters. The quantitative estimate of drug-likeness (QED) is 0.704. The lowest BCUT2D eigenvalue weighted by Gasteiger charge is -2.10. The average molecular weight is 317 g/mol. The number of nitrogens with one attached hydrogen (secondary N) is 1. The summed E-state index contributed by atoms with van der Waals surface area (Å²) in [5.74, 6) is 2.09. The summed E-state index contributed by atoms with van der Waals surface area (Å²) in [5, 5.41) is 10.2. The van der Waals surface area contributed by atoms with Crippen LogP contribution in [0.2, 0.25) is 0 Å². The molecule has 1 aromatic carbocycles. The van der Waals surface area contributed by atoms with Gasteiger partial charge in [-0.3, -0.25) is 4.98 Å². The number of phenols is 1. The van der Waals surface area contributed by atoms with Crippen molar-refractivity contribution < 1.29 is 14.6 Å². The Morgan fingerprint density at radius 2 is 2.09 bits per heavy atom. The Kier molecular flexibility index (Phi) is 4.06. The van der Waals surface area contributed by atoms with Gasteiger partial charge in [0.1, 0.15) is 5.75 Å². The molecule has 3 rings (SSSR count). The molecule has 0 aliphatic rings. The number of pyridine rings is 1. The van der Waals surface area contributed by atoms with Crippen LogP contribution >= 0.6 is 11.8 Å². The van der Waals surface area contributed by atoms with E-state index in [0.717, 1.165) is 21.9 Å². The van der Waals surface area contributed by atoms with Crippen LogP contribution in [0.5, 0.6) is 17.2 Å². The Balaban J connectivity index is 1.82. The maximum absolute atomic E-state index is 9.48. The second-order valence-electron chi connectivity index (χ2n) is 4.53. The average Bonchev–Trinajstić information content (AvgIpc) is 2.94. The van der Waals surface area contributed by atoms with Crippen molar-refractivity contribution in [2.45, 2.75) is 10.9 Å². The number of hydrogen-bond acceptors (Lipinski definition) is 6. The molecule has 0 fully saturated rings. The van der Waals surface area contributed by atoms with Gasteiger partial charge in [-0.2, -0.15) is 0 Å². The minimum atomic E-state index is 0.212. The SMILES string of the molecule is COc1ccnc(CSc2nc3ccc(O)cc3[nH]2)c1OC. The highest BCUT2D eigenvalue weighted by atomic mass is 32.2. The first-order chi connectivity index (χ1) is 10.7. The molecule has 2 aromatic heterocycles. The van der Waals surface area contributed by atoms with Gasteiger partial charge in [0.25, 0.3) is 0 Å². The van der Waals surface area contributed by atoms with Crippen LogP contribution in [0.4, 0.5) is 0 Å². The molecule has 0 radical (unpaired) electrons. The first-order valence-electron chi connectivity index (χ1n) is 6.58. The van der Waals surface area contributed by atoms with Crippen LogP contribution in [-0.2, 0) is 5.75 Å². The lowest BCUT2D eigenvalue weighted by Crippen LogP contribution is -1.97. The van der Waals surface area contributed by atoms with E-state index in [1.807, 2.05) is 0 Å². The van der Waals surface area contributed by atoms with Gasteiger partial charge in [-0.25, -0.2) is 4.98 Å².